The van der Waals surface area contributed by atoms with Crippen molar-refractivity contribution in [3.8, 4) is 51.2 Å². The van der Waals surface area contributed by atoms with E-state index in [0.717, 1.165) is 39.0 Å². The molecule has 0 unspecified atom stereocenters. The summed E-state index contributed by atoms with van der Waals surface area (Å²) in [5.74, 6) is -0.645. The highest BCUT2D eigenvalue weighted by Gasteiger charge is 2.18. The molecule has 0 saturated heterocycles. The van der Waals surface area contributed by atoms with Gasteiger partial charge in [0, 0.05) is 22.0 Å². The highest BCUT2D eigenvalue weighted by atomic mass is 19.1. The van der Waals surface area contributed by atoms with Crippen molar-refractivity contribution in [3.05, 3.63) is 150 Å². The monoisotopic (exact) mass is 539 g/mol. The van der Waals surface area contributed by atoms with Gasteiger partial charge in [-0.05, 0) is 82.4 Å². The molecule has 42 heavy (non-hydrogen) atoms. The first kappa shape index (κ1) is 25.0. The molecule has 7 aromatic rings. The van der Waals surface area contributed by atoms with Crippen molar-refractivity contribution in [2.24, 2.45) is 0 Å². The predicted molar refractivity (Wildman–Crippen MR) is 166 cm³/mol. The van der Waals surface area contributed by atoms with Crippen molar-refractivity contribution < 1.29 is 4.39 Å². The molecule has 0 atom stereocenters. The van der Waals surface area contributed by atoms with Crippen LogP contribution in [0.5, 0.6) is 0 Å². The maximum Gasteiger partial charge on any atom is 0.141 e. The Bertz CT molecular complexity index is 2160. The molecule has 4 heteroatoms. The average molecular weight is 540 g/mol. The van der Waals surface area contributed by atoms with E-state index in [2.05, 4.69) is 89.5 Å². The smallest absolute Gasteiger partial charge is 0.141 e. The molecule has 0 fully saturated rings. The fraction of sp³-hybridized carbons (Fsp3) is 0. The largest absolute Gasteiger partial charge is 0.309 e. The van der Waals surface area contributed by atoms with Crippen LogP contribution in [0.25, 0.3) is 60.9 Å². The molecule has 6 aromatic carbocycles. The van der Waals surface area contributed by atoms with Gasteiger partial charge < -0.3 is 4.57 Å². The molecule has 0 N–H and O–H groups in total. The van der Waals surface area contributed by atoms with Gasteiger partial charge in [-0.2, -0.15) is 10.5 Å². The zero-order valence-electron chi connectivity index (χ0n) is 22.4. The molecule has 1 aromatic heterocycles. The third-order valence-electron chi connectivity index (χ3n) is 7.75. The Kier molecular flexibility index (Phi) is 6.08. The van der Waals surface area contributed by atoms with E-state index >= 15 is 0 Å². The Labute approximate surface area is 242 Å². The van der Waals surface area contributed by atoms with Crippen LogP contribution in [-0.4, -0.2) is 4.57 Å². The van der Waals surface area contributed by atoms with Gasteiger partial charge in [0.25, 0.3) is 0 Å². The summed E-state index contributed by atoms with van der Waals surface area (Å²) >= 11 is 0. The maximum absolute atomic E-state index is 14.8. The van der Waals surface area contributed by atoms with E-state index in [0.29, 0.717) is 11.1 Å². The lowest BCUT2D eigenvalue weighted by atomic mass is 9.89. The standard InChI is InChI=1S/C38H22FN3/c39-35-19-16-27(23-40)38(34(35)24-41)30-21-28(25-8-2-1-3-9-25)20-29(22-30)26-14-17-31(18-15-26)42-36-12-6-4-10-32(36)33-11-5-7-13-37(33)42/h1-22H. The minimum absolute atomic E-state index is 0.132. The van der Waals surface area contributed by atoms with Crippen molar-refractivity contribution in [3.63, 3.8) is 0 Å². The van der Waals surface area contributed by atoms with Crippen LogP contribution in [0.2, 0.25) is 0 Å². The van der Waals surface area contributed by atoms with E-state index < -0.39 is 5.82 Å². The second-order valence-electron chi connectivity index (χ2n) is 10.2. The number of aromatic nitrogens is 1. The van der Waals surface area contributed by atoms with Gasteiger partial charge in [-0.15, -0.1) is 0 Å². The van der Waals surface area contributed by atoms with Crippen LogP contribution in [-0.2, 0) is 0 Å². The first-order valence-electron chi connectivity index (χ1n) is 13.6. The number of hydrogen-bond donors (Lipinski definition) is 0. The number of nitrogens with zero attached hydrogens (tertiary/aromatic N) is 3. The predicted octanol–water partition coefficient (Wildman–Crippen LogP) is 9.67. The van der Waals surface area contributed by atoms with Crippen molar-refractivity contribution in [2.75, 3.05) is 0 Å². The van der Waals surface area contributed by atoms with E-state index in [1.165, 1.54) is 22.9 Å². The number of halogens is 1. The molecule has 0 bridgehead atoms. The topological polar surface area (TPSA) is 52.5 Å². The van der Waals surface area contributed by atoms with Gasteiger partial charge in [0.1, 0.15) is 11.9 Å². The normalized spacial score (nSPS) is 10.9. The van der Waals surface area contributed by atoms with Crippen LogP contribution in [0.3, 0.4) is 0 Å². The average Bonchev–Trinajstić information content (AvgIpc) is 3.39. The van der Waals surface area contributed by atoms with Crippen molar-refractivity contribution in [2.45, 2.75) is 0 Å². The van der Waals surface area contributed by atoms with Crippen LogP contribution < -0.4 is 0 Å². The molecule has 0 aliphatic heterocycles. The second-order valence-corrected chi connectivity index (χ2v) is 10.2. The number of nitriles is 2. The van der Waals surface area contributed by atoms with Crippen LogP contribution in [0, 0.1) is 28.5 Å². The zero-order valence-corrected chi connectivity index (χ0v) is 22.4. The highest BCUT2D eigenvalue weighted by molar-refractivity contribution is 6.09. The van der Waals surface area contributed by atoms with Crippen LogP contribution in [0.1, 0.15) is 11.1 Å². The first-order valence-corrected chi connectivity index (χ1v) is 13.6. The summed E-state index contributed by atoms with van der Waals surface area (Å²) in [7, 11) is 0. The Morgan fingerprint density at radius 2 is 1.05 bits per heavy atom. The summed E-state index contributed by atoms with van der Waals surface area (Å²) in [5, 5.41) is 22.1. The van der Waals surface area contributed by atoms with Gasteiger partial charge in [0.15, 0.2) is 0 Å². The summed E-state index contributed by atoms with van der Waals surface area (Å²) in [5.41, 5.74) is 8.12. The van der Waals surface area contributed by atoms with E-state index in [4.69, 9.17) is 0 Å². The van der Waals surface area contributed by atoms with Crippen molar-refractivity contribution in [1.29, 1.82) is 10.5 Å². The number of fused-ring (bicyclic) bond motifs is 3. The summed E-state index contributed by atoms with van der Waals surface area (Å²) in [4.78, 5) is 0. The molecule has 3 nitrogen and oxygen atoms in total. The SMILES string of the molecule is N#Cc1ccc(F)c(C#N)c1-c1cc(-c2ccccc2)cc(-c2ccc(-n3c4ccccc4c4ccccc43)cc2)c1. The molecule has 0 aliphatic carbocycles. The van der Waals surface area contributed by atoms with E-state index in [1.807, 2.05) is 48.5 Å². The number of benzene rings is 6. The van der Waals surface area contributed by atoms with Crippen molar-refractivity contribution >= 4 is 21.8 Å². The molecule has 196 valence electrons. The summed E-state index contributed by atoms with van der Waals surface area (Å²) in [6.07, 6.45) is 0. The van der Waals surface area contributed by atoms with Crippen LogP contribution in [0.15, 0.2) is 133 Å². The summed E-state index contributed by atoms with van der Waals surface area (Å²) < 4.78 is 17.0. The molecule has 7 rings (SSSR count). The van der Waals surface area contributed by atoms with Gasteiger partial charge in [0.05, 0.1) is 28.2 Å². The minimum atomic E-state index is -0.645. The summed E-state index contributed by atoms with van der Waals surface area (Å²) in [6, 6.07) is 47.7. The van der Waals surface area contributed by atoms with E-state index in [-0.39, 0.29) is 11.1 Å². The number of rotatable bonds is 4. The lowest BCUT2D eigenvalue weighted by Gasteiger charge is -2.14. The quantitative estimate of drug-likeness (QED) is 0.224. The summed E-state index contributed by atoms with van der Waals surface area (Å²) in [6.45, 7) is 0. The third-order valence-corrected chi connectivity index (χ3v) is 7.75. The molecular formula is C38H22FN3. The molecule has 0 amide bonds. The van der Waals surface area contributed by atoms with Gasteiger partial charge >= 0.3 is 0 Å². The Morgan fingerprint density at radius 3 is 1.64 bits per heavy atom. The maximum atomic E-state index is 14.8. The van der Waals surface area contributed by atoms with Crippen LogP contribution in [0.4, 0.5) is 4.39 Å². The van der Waals surface area contributed by atoms with Gasteiger partial charge in [0.2, 0.25) is 0 Å². The number of hydrogen-bond acceptors (Lipinski definition) is 2. The lowest BCUT2D eigenvalue weighted by Crippen LogP contribution is -1.96. The molecule has 0 saturated carbocycles. The van der Waals surface area contributed by atoms with Crippen LogP contribution >= 0.6 is 0 Å². The molecular weight excluding hydrogens is 517 g/mol. The van der Waals surface area contributed by atoms with Gasteiger partial charge in [-0.1, -0.05) is 78.9 Å². The Morgan fingerprint density at radius 1 is 0.500 bits per heavy atom. The fourth-order valence-electron chi connectivity index (χ4n) is 5.82. The minimum Gasteiger partial charge on any atom is -0.309 e. The zero-order chi connectivity index (χ0) is 28.6. The van der Waals surface area contributed by atoms with E-state index in [1.54, 1.807) is 0 Å². The molecule has 1 heterocycles. The highest BCUT2D eigenvalue weighted by Crippen LogP contribution is 2.37. The first-order chi connectivity index (χ1) is 20.7. The Balaban J connectivity index is 1.41. The molecule has 0 radical (unpaired) electrons. The van der Waals surface area contributed by atoms with Crippen molar-refractivity contribution in [1.82, 2.24) is 4.57 Å². The molecule has 0 aliphatic rings. The fourth-order valence-corrected chi connectivity index (χ4v) is 5.82. The third kappa shape index (κ3) is 4.11. The van der Waals surface area contributed by atoms with Gasteiger partial charge in [-0.25, -0.2) is 4.39 Å². The van der Waals surface area contributed by atoms with Gasteiger partial charge in [-0.3, -0.25) is 0 Å². The second kappa shape index (κ2) is 10.2. The number of para-hydroxylation sites is 2. The molecule has 0 spiro atoms. The Hall–Kier alpha value is -5.97. The lowest BCUT2D eigenvalue weighted by molar-refractivity contribution is 0.624. The van der Waals surface area contributed by atoms with E-state index in [9.17, 15) is 14.9 Å².